The van der Waals surface area contributed by atoms with Crippen LogP contribution in [0.4, 0.5) is 0 Å². The molecule has 1 heterocycles. The van der Waals surface area contributed by atoms with Crippen LogP contribution in [0.3, 0.4) is 0 Å². The molecule has 4 rings (SSSR count). The number of benzene rings is 2. The molecule has 0 atom stereocenters. The van der Waals surface area contributed by atoms with Crippen LogP contribution in [0.5, 0.6) is 5.75 Å². The number of carbonyl (C=O) groups is 1. The van der Waals surface area contributed by atoms with Gasteiger partial charge in [-0.15, -0.1) is 10.2 Å². The zero-order chi connectivity index (χ0) is 22.3. The van der Waals surface area contributed by atoms with Crippen molar-refractivity contribution in [3.05, 3.63) is 59.7 Å². The highest BCUT2D eigenvalue weighted by molar-refractivity contribution is 7.99. The van der Waals surface area contributed by atoms with Crippen LogP contribution >= 0.6 is 11.8 Å². The predicted molar refractivity (Wildman–Crippen MR) is 127 cm³/mol. The van der Waals surface area contributed by atoms with Crippen molar-refractivity contribution in [2.24, 2.45) is 5.10 Å². The molecular weight excluding hydrogens is 422 g/mol. The second-order valence-corrected chi connectivity index (χ2v) is 8.92. The Morgan fingerprint density at radius 2 is 1.91 bits per heavy atom. The average Bonchev–Trinajstić information content (AvgIpc) is 3.24. The van der Waals surface area contributed by atoms with Gasteiger partial charge in [-0.25, -0.2) is 5.43 Å². The van der Waals surface area contributed by atoms with Crippen LogP contribution < -0.4 is 5.43 Å². The van der Waals surface area contributed by atoms with Gasteiger partial charge in [0.2, 0.25) is 0 Å². The van der Waals surface area contributed by atoms with Gasteiger partial charge in [0.1, 0.15) is 5.75 Å². The van der Waals surface area contributed by atoms with E-state index >= 15 is 0 Å². The summed E-state index contributed by atoms with van der Waals surface area (Å²) in [4.78, 5) is 12.3. The molecule has 1 aliphatic rings. The summed E-state index contributed by atoms with van der Waals surface area (Å²) in [5, 5.41) is 23.4. The van der Waals surface area contributed by atoms with Gasteiger partial charge in [-0.3, -0.25) is 9.36 Å². The second-order valence-electron chi connectivity index (χ2n) is 7.97. The molecule has 8 heteroatoms. The first-order chi connectivity index (χ1) is 15.6. The van der Waals surface area contributed by atoms with E-state index in [-0.39, 0.29) is 17.4 Å². The lowest BCUT2D eigenvalue weighted by molar-refractivity contribution is -0.118. The van der Waals surface area contributed by atoms with Gasteiger partial charge in [0.25, 0.3) is 5.91 Å². The summed E-state index contributed by atoms with van der Waals surface area (Å²) in [5.41, 5.74) is 5.30. The Labute approximate surface area is 192 Å². The van der Waals surface area contributed by atoms with E-state index < -0.39 is 0 Å². The predicted octanol–water partition coefficient (Wildman–Crippen LogP) is 4.71. The topological polar surface area (TPSA) is 92.4 Å². The lowest BCUT2D eigenvalue weighted by atomic mass is 9.95. The van der Waals surface area contributed by atoms with Crippen molar-refractivity contribution in [2.75, 3.05) is 5.75 Å². The third-order valence-electron chi connectivity index (χ3n) is 5.58. The number of aryl methyl sites for hydroxylation is 1. The third kappa shape index (κ3) is 5.37. The fraction of sp³-hybridized carbons (Fsp3) is 0.333. The number of nitrogens with zero attached hydrogens (tertiary/aromatic N) is 4. The van der Waals surface area contributed by atoms with E-state index in [0.717, 1.165) is 29.4 Å². The van der Waals surface area contributed by atoms with E-state index in [2.05, 4.69) is 56.5 Å². The van der Waals surface area contributed by atoms with Crippen LogP contribution in [0.25, 0.3) is 11.4 Å². The Kier molecular flexibility index (Phi) is 7.21. The molecule has 7 nitrogen and oxygen atoms in total. The smallest absolute Gasteiger partial charge is 0.250 e. The number of rotatable bonds is 7. The molecule has 0 spiro atoms. The largest absolute Gasteiger partial charge is 0.507 e. The highest BCUT2D eigenvalue weighted by Crippen LogP contribution is 2.35. The van der Waals surface area contributed by atoms with Crippen molar-refractivity contribution >= 4 is 23.9 Å². The summed E-state index contributed by atoms with van der Waals surface area (Å²) in [7, 11) is 0. The first-order valence-corrected chi connectivity index (χ1v) is 11.8. The first kappa shape index (κ1) is 22.1. The molecule has 0 aliphatic heterocycles. The molecule has 1 fully saturated rings. The Balaban J connectivity index is 1.46. The van der Waals surface area contributed by atoms with Gasteiger partial charge in [0.05, 0.1) is 12.0 Å². The fourth-order valence-corrected chi connectivity index (χ4v) is 4.67. The lowest BCUT2D eigenvalue weighted by Gasteiger charge is -2.25. The molecule has 0 saturated heterocycles. The Hall–Kier alpha value is -3.13. The lowest BCUT2D eigenvalue weighted by Crippen LogP contribution is -2.20. The Bertz CT molecular complexity index is 1090. The standard InChI is InChI=1S/C24H27N5O2S/c1-17-11-13-18(14-12-17)23-27-28-24(29(23)20-8-3-2-4-9-20)32-16-22(31)26-25-15-19-7-5-6-10-21(19)30/h5-7,10-15,20,30H,2-4,8-9,16H2,1H3,(H,26,31)/b25-15-. The number of phenols is 1. The number of hydrogen-bond donors (Lipinski definition) is 2. The maximum Gasteiger partial charge on any atom is 0.250 e. The van der Waals surface area contributed by atoms with Crippen molar-refractivity contribution in [3.63, 3.8) is 0 Å². The number of nitrogens with one attached hydrogen (secondary N) is 1. The molecule has 3 aromatic rings. The van der Waals surface area contributed by atoms with E-state index in [1.54, 1.807) is 24.3 Å². The van der Waals surface area contributed by atoms with Gasteiger partial charge in [-0.2, -0.15) is 5.10 Å². The zero-order valence-electron chi connectivity index (χ0n) is 18.1. The van der Waals surface area contributed by atoms with Gasteiger partial charge >= 0.3 is 0 Å². The molecule has 32 heavy (non-hydrogen) atoms. The van der Waals surface area contributed by atoms with Crippen molar-refractivity contribution in [1.29, 1.82) is 0 Å². The molecule has 0 unspecified atom stereocenters. The van der Waals surface area contributed by atoms with Crippen LogP contribution in [0.1, 0.15) is 49.3 Å². The Morgan fingerprint density at radius 3 is 2.66 bits per heavy atom. The summed E-state index contributed by atoms with van der Waals surface area (Å²) < 4.78 is 2.22. The van der Waals surface area contributed by atoms with Crippen LogP contribution in [0.15, 0.2) is 58.8 Å². The maximum absolute atomic E-state index is 12.3. The van der Waals surface area contributed by atoms with Crippen molar-refractivity contribution < 1.29 is 9.90 Å². The SMILES string of the molecule is Cc1ccc(-c2nnc(SCC(=O)N/N=C\c3ccccc3O)n2C2CCCCC2)cc1. The number of thioether (sulfide) groups is 1. The monoisotopic (exact) mass is 449 g/mol. The minimum Gasteiger partial charge on any atom is -0.507 e. The molecule has 1 amide bonds. The summed E-state index contributed by atoms with van der Waals surface area (Å²) in [6.45, 7) is 2.07. The third-order valence-corrected chi connectivity index (χ3v) is 6.52. The number of hydrazone groups is 1. The van der Waals surface area contributed by atoms with Crippen LogP contribution in [-0.2, 0) is 4.79 Å². The van der Waals surface area contributed by atoms with Gasteiger partial charge < -0.3 is 5.11 Å². The molecule has 0 bridgehead atoms. The van der Waals surface area contributed by atoms with Gasteiger partial charge in [0.15, 0.2) is 11.0 Å². The minimum atomic E-state index is -0.239. The molecule has 0 radical (unpaired) electrons. The van der Waals surface area contributed by atoms with Gasteiger partial charge in [-0.1, -0.05) is 73.0 Å². The molecule has 1 aliphatic carbocycles. The number of carbonyl (C=O) groups excluding carboxylic acids is 1. The summed E-state index contributed by atoms with van der Waals surface area (Å²) in [5.74, 6) is 0.912. The number of aromatic hydroxyl groups is 1. The molecule has 2 aromatic carbocycles. The second kappa shape index (κ2) is 10.5. The molecule has 2 N–H and O–H groups in total. The molecule has 1 saturated carbocycles. The van der Waals surface area contributed by atoms with Crippen LogP contribution in [-0.4, -0.2) is 37.7 Å². The summed E-state index contributed by atoms with van der Waals surface area (Å²) in [6.07, 6.45) is 7.28. The highest BCUT2D eigenvalue weighted by Gasteiger charge is 2.24. The number of hydrogen-bond acceptors (Lipinski definition) is 6. The number of aromatic nitrogens is 3. The Morgan fingerprint density at radius 1 is 1.16 bits per heavy atom. The number of para-hydroxylation sites is 1. The normalized spacial score (nSPS) is 14.7. The summed E-state index contributed by atoms with van der Waals surface area (Å²) >= 11 is 1.37. The van der Waals surface area contributed by atoms with Crippen molar-refractivity contribution in [2.45, 2.75) is 50.2 Å². The van der Waals surface area contributed by atoms with E-state index in [1.807, 2.05) is 0 Å². The quantitative estimate of drug-likeness (QED) is 0.310. The molecule has 1 aromatic heterocycles. The van der Waals surface area contributed by atoms with E-state index in [9.17, 15) is 9.90 Å². The highest BCUT2D eigenvalue weighted by atomic mass is 32.2. The number of phenolic OH excluding ortho intramolecular Hbond substituents is 1. The van der Waals surface area contributed by atoms with Crippen LogP contribution in [0.2, 0.25) is 0 Å². The maximum atomic E-state index is 12.3. The minimum absolute atomic E-state index is 0.115. The van der Waals surface area contributed by atoms with E-state index in [0.29, 0.717) is 11.6 Å². The van der Waals surface area contributed by atoms with Crippen molar-refractivity contribution in [1.82, 2.24) is 20.2 Å². The number of amides is 1. The zero-order valence-corrected chi connectivity index (χ0v) is 18.9. The van der Waals surface area contributed by atoms with E-state index in [1.165, 1.54) is 42.8 Å². The fourth-order valence-electron chi connectivity index (χ4n) is 3.88. The van der Waals surface area contributed by atoms with Gasteiger partial charge in [0, 0.05) is 17.2 Å². The van der Waals surface area contributed by atoms with Crippen LogP contribution in [0, 0.1) is 6.92 Å². The average molecular weight is 450 g/mol. The van der Waals surface area contributed by atoms with E-state index in [4.69, 9.17) is 0 Å². The van der Waals surface area contributed by atoms with Crippen molar-refractivity contribution in [3.8, 4) is 17.1 Å². The molecule has 166 valence electrons. The first-order valence-electron chi connectivity index (χ1n) is 10.9. The van der Waals surface area contributed by atoms with Gasteiger partial charge in [-0.05, 0) is 31.9 Å². The summed E-state index contributed by atoms with van der Waals surface area (Å²) in [6, 6.07) is 15.5. The molecular formula is C24H27N5O2S.